The predicted molar refractivity (Wildman–Crippen MR) is 79.9 cm³/mol. The van der Waals surface area contributed by atoms with Crippen molar-refractivity contribution >= 4 is 21.7 Å². The highest BCUT2D eigenvalue weighted by Gasteiger charge is 2.65. The van der Waals surface area contributed by atoms with Crippen LogP contribution >= 0.6 is 0 Å². The smallest absolute Gasteiger partial charge is 0.238 e. The zero-order chi connectivity index (χ0) is 16.3. The van der Waals surface area contributed by atoms with Crippen molar-refractivity contribution in [3.05, 3.63) is 0 Å². The molecule has 0 aromatic carbocycles. The first-order valence-corrected chi connectivity index (χ1v) is 9.05. The summed E-state index contributed by atoms with van der Waals surface area (Å²) in [7, 11) is -3.82. The monoisotopic (exact) mass is 315 g/mol. The summed E-state index contributed by atoms with van der Waals surface area (Å²) in [5.74, 6) is -0.503. The Bertz CT molecular complexity index is 585. The Morgan fingerprint density at radius 3 is 2.29 bits per heavy atom. The van der Waals surface area contributed by atoms with Crippen LogP contribution in [0.1, 0.15) is 53.9 Å². The van der Waals surface area contributed by atoms with E-state index in [0.29, 0.717) is 12.8 Å². The molecule has 0 aromatic heterocycles. The number of fused-ring (bicyclic) bond motifs is 2. The van der Waals surface area contributed by atoms with Crippen LogP contribution in [0.5, 0.6) is 0 Å². The molecule has 120 valence electrons. The Morgan fingerprint density at radius 2 is 1.90 bits per heavy atom. The Hall–Kier alpha value is -0.910. The van der Waals surface area contributed by atoms with E-state index in [1.54, 1.807) is 20.8 Å². The fourth-order valence-corrected chi connectivity index (χ4v) is 5.75. The molecule has 0 heterocycles. The highest BCUT2D eigenvalue weighted by Crippen LogP contribution is 2.64. The maximum atomic E-state index is 12.4. The first-order valence-electron chi connectivity index (χ1n) is 7.40. The molecule has 2 atom stereocenters. The number of sulfonamides is 1. The van der Waals surface area contributed by atoms with Crippen LogP contribution in [0.3, 0.4) is 0 Å². The van der Waals surface area contributed by atoms with E-state index in [-0.39, 0.29) is 22.9 Å². The molecule has 0 aliphatic heterocycles. The summed E-state index contributed by atoms with van der Waals surface area (Å²) in [5.41, 5.74) is -1.93. The quantitative estimate of drug-likeness (QED) is 0.862. The van der Waals surface area contributed by atoms with Crippen LogP contribution in [-0.2, 0) is 19.6 Å². The average molecular weight is 315 g/mol. The number of hydrogen-bond donors (Lipinski definition) is 1. The van der Waals surface area contributed by atoms with Crippen LogP contribution in [0.25, 0.3) is 0 Å². The molecular formula is C15H25NO4S. The van der Waals surface area contributed by atoms with Gasteiger partial charge in [-0.15, -0.1) is 0 Å². The lowest BCUT2D eigenvalue weighted by Gasteiger charge is -2.36. The molecule has 21 heavy (non-hydrogen) atoms. The Kier molecular flexibility index (Phi) is 3.56. The predicted octanol–water partition coefficient (Wildman–Crippen LogP) is 1.87. The van der Waals surface area contributed by atoms with Gasteiger partial charge in [0.2, 0.25) is 15.9 Å². The third kappa shape index (κ3) is 2.51. The van der Waals surface area contributed by atoms with Crippen LogP contribution in [0.4, 0.5) is 0 Å². The number of nitrogens with one attached hydrogen (secondary N) is 1. The minimum Gasteiger partial charge on any atom is -0.299 e. The van der Waals surface area contributed by atoms with E-state index in [1.807, 2.05) is 13.8 Å². The van der Waals surface area contributed by atoms with Crippen molar-refractivity contribution < 1.29 is 18.0 Å². The molecule has 2 rings (SSSR count). The third-order valence-electron chi connectivity index (χ3n) is 5.50. The molecule has 5 nitrogen and oxygen atoms in total. The highest BCUT2D eigenvalue weighted by atomic mass is 32.2. The van der Waals surface area contributed by atoms with Crippen LogP contribution in [0.15, 0.2) is 0 Å². The topological polar surface area (TPSA) is 80.3 Å². The second kappa shape index (κ2) is 4.54. The third-order valence-corrected chi connectivity index (χ3v) is 6.87. The summed E-state index contributed by atoms with van der Waals surface area (Å²) in [4.78, 5) is 24.3. The maximum absolute atomic E-state index is 12.4. The first-order chi connectivity index (χ1) is 9.32. The number of amides is 1. The second-order valence-corrected chi connectivity index (χ2v) is 9.83. The fraction of sp³-hybridized carbons (Fsp3) is 0.867. The van der Waals surface area contributed by atoms with Gasteiger partial charge >= 0.3 is 0 Å². The number of Topliss-reactive ketones (excluding diaryl/α,β-unsaturated/α-hetero) is 1. The van der Waals surface area contributed by atoms with Crippen molar-refractivity contribution in [2.45, 2.75) is 53.9 Å². The molecule has 2 aliphatic rings. The number of carbonyl (C=O) groups is 2. The minimum absolute atomic E-state index is 0.0392. The molecule has 2 unspecified atom stereocenters. The van der Waals surface area contributed by atoms with E-state index in [9.17, 15) is 18.0 Å². The van der Waals surface area contributed by atoms with Gasteiger partial charge in [-0.1, -0.05) is 34.6 Å². The largest absolute Gasteiger partial charge is 0.299 e. The standard InChI is InChI=1S/C15H25NO4S/c1-13(2,3)12(18)16-21(19,20)9-15-7-6-10(8-11(15)17)14(15,4)5/h10H,6-9H2,1-5H3,(H,16,18). The lowest BCUT2D eigenvalue weighted by molar-refractivity contribution is -0.128. The summed E-state index contributed by atoms with van der Waals surface area (Å²) in [6, 6.07) is 0. The van der Waals surface area contributed by atoms with Gasteiger partial charge in [0, 0.05) is 11.8 Å². The molecule has 1 amide bonds. The molecular weight excluding hydrogens is 290 g/mol. The van der Waals surface area contributed by atoms with E-state index >= 15 is 0 Å². The highest BCUT2D eigenvalue weighted by molar-refractivity contribution is 7.90. The van der Waals surface area contributed by atoms with Crippen LogP contribution in [0, 0.1) is 22.2 Å². The van der Waals surface area contributed by atoms with Gasteiger partial charge in [0.05, 0.1) is 11.2 Å². The van der Waals surface area contributed by atoms with E-state index in [1.165, 1.54) is 0 Å². The Morgan fingerprint density at radius 1 is 1.33 bits per heavy atom. The van der Waals surface area contributed by atoms with Gasteiger partial charge in [0.15, 0.2) is 0 Å². The van der Waals surface area contributed by atoms with Crippen LogP contribution in [-0.4, -0.2) is 25.9 Å². The summed E-state index contributed by atoms with van der Waals surface area (Å²) in [6.45, 7) is 8.94. The number of rotatable bonds is 3. The summed E-state index contributed by atoms with van der Waals surface area (Å²) < 4.78 is 26.9. The zero-order valence-corrected chi connectivity index (χ0v) is 14.3. The molecule has 2 bridgehead atoms. The molecule has 0 spiro atoms. The van der Waals surface area contributed by atoms with Crippen LogP contribution in [0.2, 0.25) is 0 Å². The fourth-order valence-electron chi connectivity index (χ4n) is 3.76. The second-order valence-electron chi connectivity index (χ2n) is 8.11. The van der Waals surface area contributed by atoms with E-state index in [4.69, 9.17) is 0 Å². The van der Waals surface area contributed by atoms with Gasteiger partial charge in [-0.3, -0.25) is 14.3 Å². The number of hydrogen-bond acceptors (Lipinski definition) is 4. The Balaban J connectivity index is 2.25. The summed E-state index contributed by atoms with van der Waals surface area (Å²) in [5, 5.41) is 0. The van der Waals surface area contributed by atoms with Crippen molar-refractivity contribution in [2.24, 2.45) is 22.2 Å². The van der Waals surface area contributed by atoms with Crippen molar-refractivity contribution in [2.75, 3.05) is 5.75 Å². The van der Waals surface area contributed by atoms with E-state index in [2.05, 4.69) is 4.72 Å². The van der Waals surface area contributed by atoms with Gasteiger partial charge in [-0.05, 0) is 24.2 Å². The van der Waals surface area contributed by atoms with Gasteiger partial charge in [-0.2, -0.15) is 0 Å². The molecule has 0 radical (unpaired) electrons. The van der Waals surface area contributed by atoms with Gasteiger partial charge in [0.1, 0.15) is 5.78 Å². The molecule has 1 N–H and O–H groups in total. The van der Waals surface area contributed by atoms with Crippen molar-refractivity contribution in [3.63, 3.8) is 0 Å². The first kappa shape index (κ1) is 16.5. The lowest BCUT2D eigenvalue weighted by Crippen LogP contribution is -2.48. The lowest BCUT2D eigenvalue weighted by atomic mass is 9.70. The Labute approximate surface area is 126 Å². The van der Waals surface area contributed by atoms with Crippen LogP contribution < -0.4 is 4.72 Å². The molecule has 2 saturated carbocycles. The minimum atomic E-state index is -3.82. The molecule has 0 saturated heterocycles. The van der Waals surface area contributed by atoms with Gasteiger partial charge < -0.3 is 0 Å². The average Bonchev–Trinajstić information content (AvgIpc) is 2.60. The molecule has 0 aromatic rings. The molecule has 2 aliphatic carbocycles. The SMILES string of the molecule is CC(C)(C)C(=O)NS(=O)(=O)CC12CCC(CC1=O)C2(C)C. The van der Waals surface area contributed by atoms with Gasteiger partial charge in [-0.25, -0.2) is 8.42 Å². The molecule has 6 heteroatoms. The van der Waals surface area contributed by atoms with E-state index in [0.717, 1.165) is 6.42 Å². The van der Waals surface area contributed by atoms with Crippen molar-refractivity contribution in [3.8, 4) is 0 Å². The zero-order valence-electron chi connectivity index (χ0n) is 13.4. The number of ketones is 1. The van der Waals surface area contributed by atoms with Gasteiger partial charge in [0.25, 0.3) is 0 Å². The summed E-state index contributed by atoms with van der Waals surface area (Å²) >= 11 is 0. The summed E-state index contributed by atoms with van der Waals surface area (Å²) in [6.07, 6.45) is 1.96. The number of carbonyl (C=O) groups excluding carboxylic acids is 2. The van der Waals surface area contributed by atoms with Crippen molar-refractivity contribution in [1.82, 2.24) is 4.72 Å². The normalized spacial score (nSPS) is 31.5. The van der Waals surface area contributed by atoms with E-state index < -0.39 is 26.8 Å². The maximum Gasteiger partial charge on any atom is 0.238 e. The molecule has 2 fully saturated rings. The van der Waals surface area contributed by atoms with Crippen molar-refractivity contribution in [1.29, 1.82) is 0 Å².